The SMILES string of the molecule is CCCN(Cc1ncc(-c2ccc(-c3ccc4cc(-c5cnc(CN(CCC)C(=O)[C@@H](NC(=O)OC)C(C)C)[nH]5)ccc4c3)cc2)[nH]1)C(=O)Cc1ccccc1. The van der Waals surface area contributed by atoms with E-state index in [-0.39, 0.29) is 17.7 Å². The van der Waals surface area contributed by atoms with E-state index in [0.717, 1.165) is 68.6 Å². The predicted octanol–water partition coefficient (Wildman–Crippen LogP) is 8.39. The fourth-order valence-corrected chi connectivity index (χ4v) is 6.85. The van der Waals surface area contributed by atoms with Gasteiger partial charge in [0.15, 0.2) is 0 Å². The molecule has 0 radical (unpaired) electrons. The molecule has 0 bridgehead atoms. The number of nitrogens with zero attached hydrogens (tertiary/aromatic N) is 4. The Hall–Kier alpha value is -6.23. The fourth-order valence-electron chi connectivity index (χ4n) is 6.85. The summed E-state index contributed by atoms with van der Waals surface area (Å²) < 4.78 is 4.75. The van der Waals surface area contributed by atoms with Crippen LogP contribution in [0.25, 0.3) is 44.4 Å². The molecule has 2 aromatic heterocycles. The van der Waals surface area contributed by atoms with E-state index < -0.39 is 12.1 Å². The molecule has 0 unspecified atom stereocenters. The Morgan fingerprint density at radius 1 is 0.696 bits per heavy atom. The van der Waals surface area contributed by atoms with E-state index in [2.05, 4.69) is 92.8 Å². The molecule has 290 valence electrons. The average molecular weight is 754 g/mol. The molecule has 0 saturated carbocycles. The van der Waals surface area contributed by atoms with Gasteiger partial charge in [0, 0.05) is 18.7 Å². The van der Waals surface area contributed by atoms with E-state index in [1.54, 1.807) is 11.1 Å². The van der Waals surface area contributed by atoms with Crippen molar-refractivity contribution in [2.45, 2.75) is 66.1 Å². The summed E-state index contributed by atoms with van der Waals surface area (Å²) in [5.74, 6) is 1.24. The van der Waals surface area contributed by atoms with E-state index in [1.165, 1.54) is 7.11 Å². The maximum absolute atomic E-state index is 13.5. The van der Waals surface area contributed by atoms with Gasteiger partial charge in [-0.3, -0.25) is 9.59 Å². The Labute approximate surface area is 328 Å². The number of nitrogens with one attached hydrogen (secondary N) is 3. The number of imidazole rings is 2. The highest BCUT2D eigenvalue weighted by Gasteiger charge is 2.29. The second kappa shape index (κ2) is 18.4. The zero-order valence-corrected chi connectivity index (χ0v) is 32.8. The van der Waals surface area contributed by atoms with Gasteiger partial charge in [-0.25, -0.2) is 14.8 Å². The summed E-state index contributed by atoms with van der Waals surface area (Å²) in [7, 11) is 1.29. The van der Waals surface area contributed by atoms with Crippen molar-refractivity contribution < 1.29 is 19.1 Å². The number of aromatic nitrogens is 4. The van der Waals surface area contributed by atoms with Gasteiger partial charge in [-0.15, -0.1) is 0 Å². The average Bonchev–Trinajstić information content (AvgIpc) is 3.89. The molecule has 11 heteroatoms. The second-order valence-corrected chi connectivity index (χ2v) is 14.4. The van der Waals surface area contributed by atoms with Crippen LogP contribution >= 0.6 is 0 Å². The van der Waals surface area contributed by atoms with Crippen LogP contribution in [-0.2, 0) is 33.8 Å². The number of hydrogen-bond donors (Lipinski definition) is 3. The Morgan fingerprint density at radius 2 is 1.23 bits per heavy atom. The van der Waals surface area contributed by atoms with Crippen LogP contribution in [0.4, 0.5) is 4.79 Å². The molecule has 3 N–H and O–H groups in total. The minimum atomic E-state index is -0.701. The summed E-state index contributed by atoms with van der Waals surface area (Å²) in [6.07, 6.45) is 5.01. The summed E-state index contributed by atoms with van der Waals surface area (Å²) in [5, 5.41) is 4.89. The van der Waals surface area contributed by atoms with Crippen LogP contribution in [-0.4, -0.2) is 73.9 Å². The van der Waals surface area contributed by atoms with Crippen molar-refractivity contribution in [1.82, 2.24) is 35.1 Å². The quantitative estimate of drug-likeness (QED) is 0.0909. The molecule has 0 aliphatic heterocycles. The maximum atomic E-state index is 13.5. The number of methoxy groups -OCH3 is 1. The summed E-state index contributed by atoms with van der Waals surface area (Å²) >= 11 is 0. The Kier molecular flexibility index (Phi) is 13.0. The third-order valence-electron chi connectivity index (χ3n) is 9.86. The van der Waals surface area contributed by atoms with Crippen LogP contribution in [0.15, 0.2) is 103 Å². The number of alkyl carbamates (subject to hydrolysis) is 1. The summed E-state index contributed by atoms with van der Waals surface area (Å²) in [4.78, 5) is 58.2. The number of carbonyl (C=O) groups excluding carboxylic acids is 3. The Balaban J connectivity index is 1.11. The molecule has 1 atom stereocenters. The number of ether oxygens (including phenoxy) is 1. The van der Waals surface area contributed by atoms with Gasteiger partial charge >= 0.3 is 6.09 Å². The molecule has 11 nitrogen and oxygen atoms in total. The Bertz CT molecular complexity index is 2240. The first-order chi connectivity index (χ1) is 27.1. The summed E-state index contributed by atoms with van der Waals surface area (Å²) in [6.45, 7) is 9.82. The number of benzene rings is 4. The number of hydrogen-bond acceptors (Lipinski definition) is 6. The fraction of sp³-hybridized carbons (Fsp3) is 0.311. The molecule has 0 aliphatic rings. The first kappa shape index (κ1) is 39.5. The van der Waals surface area contributed by atoms with Gasteiger partial charge in [0.05, 0.1) is 50.4 Å². The zero-order chi connectivity index (χ0) is 39.6. The van der Waals surface area contributed by atoms with Gasteiger partial charge in [-0.1, -0.05) is 107 Å². The molecule has 3 amide bonds. The number of rotatable bonds is 16. The van der Waals surface area contributed by atoms with Gasteiger partial charge in [0.25, 0.3) is 0 Å². The third kappa shape index (κ3) is 9.70. The monoisotopic (exact) mass is 753 g/mol. The molecular weight excluding hydrogens is 703 g/mol. The lowest BCUT2D eigenvalue weighted by molar-refractivity contribution is -0.135. The number of aromatic amines is 2. The van der Waals surface area contributed by atoms with Crippen molar-refractivity contribution >= 4 is 28.7 Å². The van der Waals surface area contributed by atoms with E-state index >= 15 is 0 Å². The highest BCUT2D eigenvalue weighted by atomic mass is 16.5. The molecular formula is C45H51N7O4. The molecule has 4 aromatic carbocycles. The lowest BCUT2D eigenvalue weighted by Crippen LogP contribution is -2.51. The van der Waals surface area contributed by atoms with Gasteiger partial charge in [-0.05, 0) is 63.9 Å². The van der Waals surface area contributed by atoms with Crippen molar-refractivity contribution in [2.75, 3.05) is 20.2 Å². The van der Waals surface area contributed by atoms with Crippen molar-refractivity contribution in [2.24, 2.45) is 5.92 Å². The molecule has 6 aromatic rings. The lowest BCUT2D eigenvalue weighted by atomic mass is 9.98. The van der Waals surface area contributed by atoms with Crippen LogP contribution in [0.3, 0.4) is 0 Å². The smallest absolute Gasteiger partial charge is 0.407 e. The number of fused-ring (bicyclic) bond motifs is 1. The van der Waals surface area contributed by atoms with Crippen LogP contribution in [0.1, 0.15) is 57.7 Å². The normalized spacial score (nSPS) is 11.8. The van der Waals surface area contributed by atoms with Gasteiger partial charge in [-0.2, -0.15) is 0 Å². The molecule has 0 aliphatic carbocycles. The molecule has 6 rings (SSSR count). The molecule has 0 spiro atoms. The van der Waals surface area contributed by atoms with Gasteiger partial charge in [0.1, 0.15) is 17.7 Å². The van der Waals surface area contributed by atoms with Crippen molar-refractivity contribution in [3.8, 4) is 33.6 Å². The standard InChI is InChI=1S/C45H51N7O4/c1-6-21-51(42(53)23-31-11-9-8-10-12-31)28-40-46-26-38(48-40)33-15-13-32(14-16-33)34-17-18-36-25-37(20-19-35(36)24-34)39-27-47-41(49-39)29-52(22-7-2)44(54)43(30(3)4)50-45(55)56-5/h8-20,24-27,30,43H,6-7,21-23,28-29H2,1-5H3,(H,46,48)(H,47,49)(H,50,55)/t43-/m0/s1. The minimum absolute atomic E-state index is 0.0924. The van der Waals surface area contributed by atoms with Crippen LogP contribution < -0.4 is 5.32 Å². The lowest BCUT2D eigenvalue weighted by Gasteiger charge is -2.28. The van der Waals surface area contributed by atoms with E-state index in [0.29, 0.717) is 38.4 Å². The van der Waals surface area contributed by atoms with E-state index in [9.17, 15) is 14.4 Å². The maximum Gasteiger partial charge on any atom is 0.407 e. The van der Waals surface area contributed by atoms with Gasteiger partial charge < -0.3 is 29.8 Å². The third-order valence-corrected chi connectivity index (χ3v) is 9.86. The number of amides is 3. The molecule has 0 saturated heterocycles. The van der Waals surface area contributed by atoms with Crippen LogP contribution in [0.2, 0.25) is 0 Å². The Morgan fingerprint density at radius 3 is 1.84 bits per heavy atom. The van der Waals surface area contributed by atoms with Crippen molar-refractivity contribution in [3.63, 3.8) is 0 Å². The highest BCUT2D eigenvalue weighted by molar-refractivity contribution is 5.91. The second-order valence-electron chi connectivity index (χ2n) is 14.4. The molecule has 56 heavy (non-hydrogen) atoms. The van der Waals surface area contributed by atoms with E-state index in [4.69, 9.17) is 4.74 Å². The topological polar surface area (TPSA) is 136 Å². The van der Waals surface area contributed by atoms with Crippen LogP contribution in [0, 0.1) is 5.92 Å². The van der Waals surface area contributed by atoms with E-state index in [1.807, 2.05) is 62.2 Å². The minimum Gasteiger partial charge on any atom is -0.453 e. The number of carbonyl (C=O) groups is 3. The largest absolute Gasteiger partial charge is 0.453 e. The number of H-pyrrole nitrogens is 2. The summed E-state index contributed by atoms with van der Waals surface area (Å²) in [6, 6.07) is 30.3. The highest BCUT2D eigenvalue weighted by Crippen LogP contribution is 2.30. The molecule has 2 heterocycles. The first-order valence-corrected chi connectivity index (χ1v) is 19.3. The van der Waals surface area contributed by atoms with Crippen molar-refractivity contribution in [1.29, 1.82) is 0 Å². The molecule has 0 fully saturated rings. The zero-order valence-electron chi connectivity index (χ0n) is 32.8. The van der Waals surface area contributed by atoms with Crippen LogP contribution in [0.5, 0.6) is 0 Å². The first-order valence-electron chi connectivity index (χ1n) is 19.3. The van der Waals surface area contributed by atoms with Crippen molar-refractivity contribution in [3.05, 3.63) is 121 Å². The summed E-state index contributed by atoms with van der Waals surface area (Å²) in [5.41, 5.74) is 7.00. The van der Waals surface area contributed by atoms with Gasteiger partial charge in [0.2, 0.25) is 11.8 Å². The predicted molar refractivity (Wildman–Crippen MR) is 220 cm³/mol.